The van der Waals surface area contributed by atoms with Crippen LogP contribution in [0.5, 0.6) is 0 Å². The molecule has 0 spiro atoms. The fraction of sp³-hybridized carbons (Fsp3) is 0.438. The number of aliphatic imine (C=N–C) groups is 1. The molecule has 1 aliphatic heterocycles. The molecule has 1 aromatic carbocycles. The standard InChI is InChI=1S/C16H19BrN4OS/c1-23-16(19-11-18)21-8-6-14(7-9-21)20-15(22)10-12-2-4-13(17)5-3-12/h2-5,14H,6-10H2,1H3,(H,20,22)/b19-16-. The molecule has 1 fully saturated rings. The summed E-state index contributed by atoms with van der Waals surface area (Å²) in [5.41, 5.74) is 1.01. The van der Waals surface area contributed by atoms with Gasteiger partial charge in [0.05, 0.1) is 6.42 Å². The summed E-state index contributed by atoms with van der Waals surface area (Å²) in [6, 6.07) is 7.99. The van der Waals surface area contributed by atoms with Crippen molar-refractivity contribution in [2.45, 2.75) is 25.3 Å². The van der Waals surface area contributed by atoms with Gasteiger partial charge in [-0.2, -0.15) is 5.26 Å². The molecule has 1 aliphatic rings. The van der Waals surface area contributed by atoms with Gasteiger partial charge in [0.25, 0.3) is 0 Å². The summed E-state index contributed by atoms with van der Waals surface area (Å²) in [5.74, 6) is 0.0570. The van der Waals surface area contributed by atoms with Crippen molar-refractivity contribution >= 4 is 38.8 Å². The van der Waals surface area contributed by atoms with Crippen LogP contribution in [-0.2, 0) is 11.2 Å². The number of rotatable bonds is 3. The topological polar surface area (TPSA) is 68.5 Å². The second kappa shape index (κ2) is 8.94. The van der Waals surface area contributed by atoms with Gasteiger partial charge in [-0.3, -0.25) is 4.79 Å². The predicted molar refractivity (Wildman–Crippen MR) is 97.1 cm³/mol. The van der Waals surface area contributed by atoms with Gasteiger partial charge in [-0.15, -0.1) is 4.99 Å². The van der Waals surface area contributed by atoms with Gasteiger partial charge in [0.15, 0.2) is 5.17 Å². The van der Waals surface area contributed by atoms with Crippen LogP contribution in [0.1, 0.15) is 18.4 Å². The zero-order valence-electron chi connectivity index (χ0n) is 13.0. The maximum absolute atomic E-state index is 12.1. The molecular formula is C16H19BrN4OS. The van der Waals surface area contributed by atoms with Crippen LogP contribution in [0.4, 0.5) is 0 Å². The van der Waals surface area contributed by atoms with E-state index in [2.05, 4.69) is 31.1 Å². The molecule has 1 saturated heterocycles. The minimum atomic E-state index is 0.0570. The number of carbonyl (C=O) groups is 1. The van der Waals surface area contributed by atoms with Gasteiger partial charge in [-0.25, -0.2) is 0 Å². The maximum Gasteiger partial charge on any atom is 0.224 e. The molecule has 0 bridgehead atoms. The number of likely N-dealkylation sites (tertiary alicyclic amines) is 1. The largest absolute Gasteiger partial charge is 0.353 e. The Kier molecular flexibility index (Phi) is 6.93. The molecule has 23 heavy (non-hydrogen) atoms. The molecule has 0 atom stereocenters. The number of nitrogens with zero attached hydrogens (tertiary/aromatic N) is 3. The molecule has 1 heterocycles. The van der Waals surface area contributed by atoms with Crippen molar-refractivity contribution in [1.29, 1.82) is 5.26 Å². The van der Waals surface area contributed by atoms with Gasteiger partial charge in [0.1, 0.15) is 0 Å². The lowest BCUT2D eigenvalue weighted by molar-refractivity contribution is -0.121. The number of amides is 1. The Bertz CT molecular complexity index is 604. The molecule has 0 aliphatic carbocycles. The second-order valence-corrected chi connectivity index (χ2v) is 7.02. The number of carbonyl (C=O) groups excluding carboxylic acids is 1. The van der Waals surface area contributed by atoms with E-state index in [1.807, 2.05) is 36.7 Å². The third-order valence-corrected chi connectivity index (χ3v) is 4.98. The van der Waals surface area contributed by atoms with E-state index >= 15 is 0 Å². The Balaban J connectivity index is 1.80. The van der Waals surface area contributed by atoms with Crippen LogP contribution in [0, 0.1) is 11.5 Å². The summed E-state index contributed by atoms with van der Waals surface area (Å²) in [7, 11) is 0. The van der Waals surface area contributed by atoms with Crippen LogP contribution in [-0.4, -0.2) is 41.4 Å². The van der Waals surface area contributed by atoms with E-state index in [0.717, 1.165) is 41.1 Å². The summed E-state index contributed by atoms with van der Waals surface area (Å²) < 4.78 is 1.01. The molecule has 1 N–H and O–H groups in total. The Morgan fingerprint density at radius 3 is 2.65 bits per heavy atom. The SMILES string of the molecule is CS/C(=N\C#N)N1CCC(NC(=O)Cc2ccc(Br)cc2)CC1. The average Bonchev–Trinajstić information content (AvgIpc) is 2.55. The fourth-order valence-electron chi connectivity index (χ4n) is 2.57. The molecule has 122 valence electrons. The molecule has 1 amide bonds. The van der Waals surface area contributed by atoms with Crippen molar-refractivity contribution in [3.8, 4) is 6.19 Å². The quantitative estimate of drug-likeness (QED) is 0.486. The number of hydrogen-bond acceptors (Lipinski definition) is 4. The first-order valence-electron chi connectivity index (χ1n) is 7.42. The van der Waals surface area contributed by atoms with Crippen molar-refractivity contribution in [3.05, 3.63) is 34.3 Å². The predicted octanol–water partition coefficient (Wildman–Crippen LogP) is 2.77. The molecule has 2 rings (SSSR count). The molecule has 0 saturated carbocycles. The normalized spacial score (nSPS) is 16.0. The van der Waals surface area contributed by atoms with Crippen LogP contribution >= 0.6 is 27.7 Å². The zero-order valence-corrected chi connectivity index (χ0v) is 15.4. The molecule has 7 heteroatoms. The summed E-state index contributed by atoms with van der Waals surface area (Å²) >= 11 is 4.87. The van der Waals surface area contributed by atoms with Crippen molar-refractivity contribution in [3.63, 3.8) is 0 Å². The summed E-state index contributed by atoms with van der Waals surface area (Å²) in [5, 5.41) is 12.5. The number of nitrogens with one attached hydrogen (secondary N) is 1. The van der Waals surface area contributed by atoms with Crippen LogP contribution in [0.25, 0.3) is 0 Å². The third kappa shape index (κ3) is 5.56. The number of hydrogen-bond donors (Lipinski definition) is 1. The highest BCUT2D eigenvalue weighted by Gasteiger charge is 2.22. The lowest BCUT2D eigenvalue weighted by Crippen LogP contribution is -2.46. The highest BCUT2D eigenvalue weighted by atomic mass is 79.9. The second-order valence-electron chi connectivity index (χ2n) is 5.33. The molecule has 0 aromatic heterocycles. The lowest BCUT2D eigenvalue weighted by atomic mass is 10.0. The van der Waals surface area contributed by atoms with Gasteiger partial charge < -0.3 is 10.2 Å². The number of nitriles is 1. The van der Waals surface area contributed by atoms with Gasteiger partial charge in [-0.1, -0.05) is 39.8 Å². The number of benzene rings is 1. The average molecular weight is 395 g/mol. The Morgan fingerprint density at radius 2 is 2.09 bits per heavy atom. The van der Waals surface area contributed by atoms with Crippen molar-refractivity contribution in [2.24, 2.45) is 4.99 Å². The minimum Gasteiger partial charge on any atom is -0.353 e. The van der Waals surface area contributed by atoms with E-state index in [-0.39, 0.29) is 11.9 Å². The van der Waals surface area contributed by atoms with E-state index in [4.69, 9.17) is 5.26 Å². The number of amidine groups is 1. The number of thioether (sulfide) groups is 1. The van der Waals surface area contributed by atoms with Gasteiger partial charge in [0, 0.05) is 23.6 Å². The van der Waals surface area contributed by atoms with Crippen molar-refractivity contribution < 1.29 is 4.79 Å². The zero-order chi connectivity index (χ0) is 16.7. The van der Waals surface area contributed by atoms with Gasteiger partial charge in [-0.05, 0) is 36.8 Å². The molecule has 0 radical (unpaired) electrons. The van der Waals surface area contributed by atoms with E-state index in [0.29, 0.717) is 6.42 Å². The Labute approximate surface area is 149 Å². The van der Waals surface area contributed by atoms with Gasteiger partial charge >= 0.3 is 0 Å². The molecule has 0 unspecified atom stereocenters. The fourth-order valence-corrected chi connectivity index (χ4v) is 3.41. The third-order valence-electron chi connectivity index (χ3n) is 3.74. The summed E-state index contributed by atoms with van der Waals surface area (Å²) in [4.78, 5) is 18.1. The van der Waals surface area contributed by atoms with Crippen molar-refractivity contribution in [1.82, 2.24) is 10.2 Å². The first kappa shape index (κ1) is 17.8. The van der Waals surface area contributed by atoms with Gasteiger partial charge in [0.2, 0.25) is 12.1 Å². The molecule has 5 nitrogen and oxygen atoms in total. The van der Waals surface area contributed by atoms with E-state index in [9.17, 15) is 4.79 Å². The summed E-state index contributed by atoms with van der Waals surface area (Å²) in [6.07, 6.45) is 5.91. The van der Waals surface area contributed by atoms with E-state index < -0.39 is 0 Å². The van der Waals surface area contributed by atoms with E-state index in [1.165, 1.54) is 11.8 Å². The van der Waals surface area contributed by atoms with Crippen LogP contribution < -0.4 is 5.32 Å². The number of halogens is 1. The lowest BCUT2D eigenvalue weighted by Gasteiger charge is -2.33. The smallest absolute Gasteiger partial charge is 0.224 e. The Morgan fingerprint density at radius 1 is 1.43 bits per heavy atom. The van der Waals surface area contributed by atoms with Crippen LogP contribution in [0.3, 0.4) is 0 Å². The highest BCUT2D eigenvalue weighted by molar-refractivity contribution is 9.10. The molecular weight excluding hydrogens is 376 g/mol. The highest BCUT2D eigenvalue weighted by Crippen LogP contribution is 2.16. The van der Waals surface area contributed by atoms with E-state index in [1.54, 1.807) is 0 Å². The monoisotopic (exact) mass is 394 g/mol. The number of piperidine rings is 1. The Hall–Kier alpha value is -1.52. The maximum atomic E-state index is 12.1. The minimum absolute atomic E-state index is 0.0570. The summed E-state index contributed by atoms with van der Waals surface area (Å²) in [6.45, 7) is 1.62. The van der Waals surface area contributed by atoms with Crippen LogP contribution in [0.2, 0.25) is 0 Å². The van der Waals surface area contributed by atoms with Crippen LogP contribution in [0.15, 0.2) is 33.7 Å². The molecule has 1 aromatic rings. The first-order valence-corrected chi connectivity index (χ1v) is 9.43. The first-order chi connectivity index (χ1) is 11.1. The van der Waals surface area contributed by atoms with Crippen molar-refractivity contribution in [2.75, 3.05) is 19.3 Å².